The number of aliphatic imine (C=N–C) groups is 1. The summed E-state index contributed by atoms with van der Waals surface area (Å²) < 4.78 is 4.27. The van der Waals surface area contributed by atoms with Crippen LogP contribution in [0.3, 0.4) is 0 Å². The van der Waals surface area contributed by atoms with Gasteiger partial charge in [0.1, 0.15) is 11.7 Å². The van der Waals surface area contributed by atoms with Gasteiger partial charge in [-0.25, -0.2) is 4.99 Å². The van der Waals surface area contributed by atoms with Gasteiger partial charge >= 0.3 is 0 Å². The van der Waals surface area contributed by atoms with E-state index >= 15 is 0 Å². The van der Waals surface area contributed by atoms with Crippen LogP contribution in [-0.4, -0.2) is 15.0 Å². The Morgan fingerprint density at radius 1 is 0.892 bits per heavy atom. The van der Waals surface area contributed by atoms with Crippen LogP contribution in [0, 0.1) is 22.7 Å². The Hall–Kier alpha value is -5.13. The third-order valence-corrected chi connectivity index (χ3v) is 7.01. The van der Waals surface area contributed by atoms with Gasteiger partial charge in [-0.3, -0.25) is 9.13 Å². The molecular weight excluding hydrogens is 454 g/mol. The van der Waals surface area contributed by atoms with Crippen LogP contribution in [0.2, 0.25) is 0 Å². The lowest BCUT2D eigenvalue weighted by Crippen LogP contribution is -2.11. The Morgan fingerprint density at radius 3 is 2.27 bits per heavy atom. The first-order valence-corrected chi connectivity index (χ1v) is 12.2. The number of aryl methyl sites for hydroxylation is 1. The fourth-order valence-corrected chi connectivity index (χ4v) is 5.39. The summed E-state index contributed by atoms with van der Waals surface area (Å²) in [4.78, 5) is 5.16. The van der Waals surface area contributed by atoms with E-state index in [4.69, 9.17) is 4.99 Å². The van der Waals surface area contributed by atoms with E-state index in [1.54, 1.807) is 6.08 Å². The van der Waals surface area contributed by atoms with E-state index in [0.717, 1.165) is 57.1 Å². The second-order valence-corrected chi connectivity index (χ2v) is 9.00. The lowest BCUT2D eigenvalue weighted by atomic mass is 10.00. The van der Waals surface area contributed by atoms with Crippen molar-refractivity contribution in [1.82, 2.24) is 9.13 Å². The minimum Gasteiger partial charge on any atom is -0.294 e. The number of hydrogen-bond acceptors (Lipinski definition) is 3. The molecular formula is C32H23N5. The van der Waals surface area contributed by atoms with Gasteiger partial charge in [-0.2, -0.15) is 10.5 Å². The van der Waals surface area contributed by atoms with E-state index < -0.39 is 0 Å². The zero-order chi connectivity index (χ0) is 25.5. The zero-order valence-corrected chi connectivity index (χ0v) is 20.4. The predicted octanol–water partition coefficient (Wildman–Crippen LogP) is 7.40. The number of allylic oxidation sites excluding steroid dienone is 3. The third-order valence-electron chi connectivity index (χ3n) is 7.01. The van der Waals surface area contributed by atoms with Gasteiger partial charge in [0.25, 0.3) is 0 Å². The summed E-state index contributed by atoms with van der Waals surface area (Å²) in [6.07, 6.45) is 10.0. The van der Waals surface area contributed by atoms with E-state index in [1.807, 2.05) is 61.5 Å². The van der Waals surface area contributed by atoms with Crippen molar-refractivity contribution in [2.75, 3.05) is 0 Å². The number of nitriles is 2. The van der Waals surface area contributed by atoms with Crippen LogP contribution >= 0.6 is 0 Å². The molecule has 5 nitrogen and oxygen atoms in total. The first kappa shape index (κ1) is 22.3. The van der Waals surface area contributed by atoms with Gasteiger partial charge in [0, 0.05) is 16.2 Å². The van der Waals surface area contributed by atoms with Gasteiger partial charge in [0.05, 0.1) is 45.5 Å². The van der Waals surface area contributed by atoms with Crippen molar-refractivity contribution < 1.29 is 0 Å². The molecule has 0 N–H and O–H groups in total. The van der Waals surface area contributed by atoms with Gasteiger partial charge < -0.3 is 0 Å². The first-order valence-electron chi connectivity index (χ1n) is 12.2. The summed E-state index contributed by atoms with van der Waals surface area (Å²) in [6.45, 7) is 6.10. The van der Waals surface area contributed by atoms with E-state index in [2.05, 4.69) is 52.1 Å². The quantitative estimate of drug-likeness (QED) is 0.201. The van der Waals surface area contributed by atoms with Crippen LogP contribution in [0.1, 0.15) is 35.7 Å². The number of aromatic nitrogens is 2. The molecule has 2 aromatic heterocycles. The van der Waals surface area contributed by atoms with Gasteiger partial charge in [0.2, 0.25) is 0 Å². The second kappa shape index (κ2) is 8.82. The lowest BCUT2D eigenvalue weighted by Gasteiger charge is -2.14. The molecule has 1 aliphatic carbocycles. The Bertz CT molecular complexity index is 1930. The summed E-state index contributed by atoms with van der Waals surface area (Å²) in [6, 6.07) is 24.3. The smallest absolute Gasteiger partial charge is 0.139 e. The molecule has 0 saturated heterocycles. The fraction of sp³-hybridized carbons (Fsp3) is 0.0938. The number of para-hydroxylation sites is 1. The molecule has 0 atom stereocenters. The van der Waals surface area contributed by atoms with Gasteiger partial charge in [-0.05, 0) is 86.0 Å². The maximum atomic E-state index is 9.49. The summed E-state index contributed by atoms with van der Waals surface area (Å²) in [5, 5.41) is 22.1. The van der Waals surface area contributed by atoms with Crippen molar-refractivity contribution in [1.29, 1.82) is 10.5 Å². The van der Waals surface area contributed by atoms with E-state index in [9.17, 15) is 10.5 Å². The number of nitrogens with zero attached hydrogens (tertiary/aromatic N) is 5. The number of hydrogen-bond donors (Lipinski definition) is 0. The third kappa shape index (κ3) is 3.41. The first-order chi connectivity index (χ1) is 18.2. The van der Waals surface area contributed by atoms with Gasteiger partial charge in [0.15, 0.2) is 0 Å². The van der Waals surface area contributed by atoms with Crippen LogP contribution in [0.15, 0.2) is 90.5 Å². The topological polar surface area (TPSA) is 69.8 Å². The summed E-state index contributed by atoms with van der Waals surface area (Å²) in [7, 11) is 0. The predicted molar refractivity (Wildman–Crippen MR) is 151 cm³/mol. The Kier molecular flexibility index (Phi) is 5.33. The van der Waals surface area contributed by atoms with E-state index in [-0.39, 0.29) is 0 Å². The van der Waals surface area contributed by atoms with Crippen LogP contribution in [0.4, 0.5) is 0 Å². The van der Waals surface area contributed by atoms with E-state index in [0.29, 0.717) is 17.0 Å². The maximum absolute atomic E-state index is 9.49. The molecule has 0 bridgehead atoms. The Balaban J connectivity index is 1.62. The lowest BCUT2D eigenvalue weighted by molar-refractivity contribution is 0.967. The molecule has 0 unspecified atom stereocenters. The molecule has 37 heavy (non-hydrogen) atoms. The summed E-state index contributed by atoms with van der Waals surface area (Å²) in [5.74, 6) is 1.46. The van der Waals surface area contributed by atoms with Gasteiger partial charge in [-0.1, -0.05) is 30.9 Å². The maximum Gasteiger partial charge on any atom is 0.139 e. The van der Waals surface area contributed by atoms with Crippen molar-refractivity contribution >= 4 is 50.4 Å². The minimum atomic E-state index is 0.621. The molecule has 0 radical (unpaired) electrons. The SMILES string of the molecule is C=CC(=N/C(=C\C)n1c2c(c3cc(C#N)ccc31)CCC=C2)n1c2ccccc2c2cc(C#N)ccc21. The number of benzene rings is 3. The average Bonchev–Trinajstić information content (AvgIpc) is 3.46. The van der Waals surface area contributed by atoms with Crippen LogP contribution < -0.4 is 0 Å². The highest BCUT2D eigenvalue weighted by atomic mass is 15.2. The van der Waals surface area contributed by atoms with Crippen molar-refractivity contribution in [3.05, 3.63) is 108 Å². The van der Waals surface area contributed by atoms with Crippen LogP contribution in [0.5, 0.6) is 0 Å². The molecule has 0 spiro atoms. The molecule has 0 amide bonds. The molecule has 0 aliphatic heterocycles. The standard InChI is InChI=1S/C32H23N5/c1-3-31(36-27-11-7-5-9-23(27)25-17-21(19-33)13-15-29(25)36)35-32(4-2)37-28-12-8-6-10-24(28)26-18-22(20-34)14-16-30(26)37/h3-5,7-9,11-18H,1,6,10H2,2H3/b32-4+,35-31?. The summed E-state index contributed by atoms with van der Waals surface area (Å²) >= 11 is 0. The fourth-order valence-electron chi connectivity index (χ4n) is 5.39. The second-order valence-electron chi connectivity index (χ2n) is 9.00. The van der Waals surface area contributed by atoms with Crippen LogP contribution in [0.25, 0.3) is 44.6 Å². The minimum absolute atomic E-state index is 0.621. The normalized spacial score (nSPS) is 13.6. The molecule has 0 fully saturated rings. The molecule has 1 aliphatic rings. The molecule has 0 saturated carbocycles. The van der Waals surface area contributed by atoms with E-state index in [1.165, 1.54) is 5.56 Å². The highest BCUT2D eigenvalue weighted by molar-refractivity contribution is 6.17. The van der Waals surface area contributed by atoms with Crippen molar-refractivity contribution in [2.45, 2.75) is 19.8 Å². The Morgan fingerprint density at radius 2 is 1.57 bits per heavy atom. The van der Waals surface area contributed by atoms with Crippen molar-refractivity contribution in [3.63, 3.8) is 0 Å². The summed E-state index contributed by atoms with van der Waals surface area (Å²) in [5.41, 5.74) is 6.60. The molecule has 176 valence electrons. The monoisotopic (exact) mass is 477 g/mol. The Labute approximate surface area is 214 Å². The zero-order valence-electron chi connectivity index (χ0n) is 20.4. The average molecular weight is 478 g/mol. The van der Waals surface area contributed by atoms with Crippen molar-refractivity contribution in [3.8, 4) is 12.1 Å². The molecule has 3 aromatic carbocycles. The number of fused-ring (bicyclic) bond motifs is 6. The molecule has 5 aromatic rings. The van der Waals surface area contributed by atoms with Crippen molar-refractivity contribution in [2.24, 2.45) is 4.99 Å². The molecule has 2 heterocycles. The number of rotatable bonds is 3. The highest BCUT2D eigenvalue weighted by Crippen LogP contribution is 2.35. The highest BCUT2D eigenvalue weighted by Gasteiger charge is 2.21. The van der Waals surface area contributed by atoms with Gasteiger partial charge in [-0.15, -0.1) is 0 Å². The van der Waals surface area contributed by atoms with Crippen LogP contribution in [-0.2, 0) is 6.42 Å². The molecule has 6 rings (SSSR count). The largest absolute Gasteiger partial charge is 0.294 e. The molecule has 5 heteroatoms.